The lowest BCUT2D eigenvalue weighted by Gasteiger charge is -2.24. The molecule has 0 aliphatic rings. The maximum Gasteiger partial charge on any atom is 0.270 e. The van der Waals surface area contributed by atoms with Gasteiger partial charge in [-0.25, -0.2) is 0 Å². The molecule has 4 rings (SSSR count). The molecule has 1 aromatic heterocycles. The molecule has 0 N–H and O–H groups in total. The molecule has 0 aliphatic heterocycles. The fourth-order valence-electron chi connectivity index (χ4n) is 3.69. The first-order chi connectivity index (χ1) is 14.0. The van der Waals surface area contributed by atoms with Gasteiger partial charge in [0.1, 0.15) is 0 Å². The van der Waals surface area contributed by atoms with Crippen molar-refractivity contribution in [2.24, 2.45) is 0 Å². The largest absolute Gasteiger partial charge is 0.333 e. The second kappa shape index (κ2) is 7.36. The van der Waals surface area contributed by atoms with E-state index in [1.165, 1.54) is 12.1 Å². The minimum atomic E-state index is -0.474. The lowest BCUT2D eigenvalue weighted by Crippen LogP contribution is -2.16. The first-order valence-electron chi connectivity index (χ1n) is 9.41. The molecule has 1 heterocycles. The molecule has 0 unspecified atom stereocenters. The van der Waals surface area contributed by atoms with Gasteiger partial charge in [0.25, 0.3) is 5.69 Å². The van der Waals surface area contributed by atoms with E-state index in [4.69, 9.17) is 0 Å². The molecule has 4 aromatic rings. The van der Waals surface area contributed by atoms with Crippen molar-refractivity contribution in [1.29, 1.82) is 0 Å². The lowest BCUT2D eigenvalue weighted by atomic mass is 10.0. The van der Waals surface area contributed by atoms with Crippen LogP contribution in [0.5, 0.6) is 0 Å². The summed E-state index contributed by atoms with van der Waals surface area (Å²) in [7, 11) is 0. The van der Waals surface area contributed by atoms with E-state index in [2.05, 4.69) is 11.5 Å². The summed E-state index contributed by atoms with van der Waals surface area (Å²) >= 11 is 0. The number of nitro benzene ring substituents is 1. The predicted molar refractivity (Wildman–Crippen MR) is 115 cm³/mol. The molecule has 5 nitrogen and oxygen atoms in total. The third-order valence-electron chi connectivity index (χ3n) is 5.26. The third-order valence-corrected chi connectivity index (χ3v) is 5.26. The summed E-state index contributed by atoms with van der Waals surface area (Å²) in [4.78, 5) is 23.6. The fraction of sp³-hybridized carbons (Fsp3) is 0.125. The number of hydrogen-bond acceptors (Lipinski definition) is 3. The molecule has 0 spiro atoms. The van der Waals surface area contributed by atoms with Gasteiger partial charge < -0.3 is 4.57 Å². The van der Waals surface area contributed by atoms with Crippen LogP contribution < -0.4 is 5.43 Å². The molecule has 0 aliphatic carbocycles. The van der Waals surface area contributed by atoms with E-state index in [1.54, 1.807) is 12.1 Å². The van der Waals surface area contributed by atoms with Gasteiger partial charge >= 0.3 is 0 Å². The Balaban J connectivity index is 2.06. The van der Waals surface area contributed by atoms with Crippen LogP contribution in [0.2, 0.25) is 0 Å². The van der Waals surface area contributed by atoms with Crippen LogP contribution >= 0.6 is 0 Å². The SMILES string of the molecule is Cc1ccc(-c2cc(=O)c3cc([N+](=O)[O-])ccc3n2[C@H](C)c2ccccc2)cc1. The molecule has 5 heteroatoms. The third kappa shape index (κ3) is 3.43. The molecule has 0 bridgehead atoms. The van der Waals surface area contributed by atoms with Crippen molar-refractivity contribution in [3.05, 3.63) is 110 Å². The molecule has 0 saturated carbocycles. The molecule has 1 atom stereocenters. The minimum Gasteiger partial charge on any atom is -0.333 e. The van der Waals surface area contributed by atoms with Crippen LogP contribution in [-0.4, -0.2) is 9.49 Å². The van der Waals surface area contributed by atoms with E-state index in [0.717, 1.165) is 22.4 Å². The number of fused-ring (bicyclic) bond motifs is 1. The zero-order chi connectivity index (χ0) is 20.5. The van der Waals surface area contributed by atoms with Crippen molar-refractivity contribution >= 4 is 16.6 Å². The van der Waals surface area contributed by atoms with Crippen LogP contribution in [0.3, 0.4) is 0 Å². The number of rotatable bonds is 4. The maximum atomic E-state index is 12.9. The first kappa shape index (κ1) is 18.6. The number of hydrogen-bond donors (Lipinski definition) is 0. The molecule has 29 heavy (non-hydrogen) atoms. The van der Waals surface area contributed by atoms with Gasteiger partial charge in [-0.1, -0.05) is 60.2 Å². The Morgan fingerprint density at radius 2 is 1.62 bits per heavy atom. The first-order valence-corrected chi connectivity index (χ1v) is 9.41. The zero-order valence-corrected chi connectivity index (χ0v) is 16.2. The van der Waals surface area contributed by atoms with Crippen LogP contribution in [0.25, 0.3) is 22.2 Å². The van der Waals surface area contributed by atoms with Crippen molar-refractivity contribution in [2.45, 2.75) is 19.9 Å². The topological polar surface area (TPSA) is 65.1 Å². The summed E-state index contributed by atoms with van der Waals surface area (Å²) in [6, 6.07) is 24.0. The summed E-state index contributed by atoms with van der Waals surface area (Å²) < 4.78 is 2.08. The van der Waals surface area contributed by atoms with Gasteiger partial charge in [-0.2, -0.15) is 0 Å². The van der Waals surface area contributed by atoms with Crippen LogP contribution in [0.4, 0.5) is 5.69 Å². The maximum absolute atomic E-state index is 12.9. The highest BCUT2D eigenvalue weighted by molar-refractivity contribution is 5.85. The van der Waals surface area contributed by atoms with Crippen molar-refractivity contribution in [1.82, 2.24) is 4.57 Å². The highest BCUT2D eigenvalue weighted by Gasteiger charge is 2.19. The van der Waals surface area contributed by atoms with Crippen LogP contribution in [-0.2, 0) is 0 Å². The average Bonchev–Trinajstić information content (AvgIpc) is 2.74. The molecular weight excluding hydrogens is 364 g/mol. The smallest absolute Gasteiger partial charge is 0.270 e. The Labute approximate surface area is 168 Å². The quantitative estimate of drug-likeness (QED) is 0.345. The fourth-order valence-corrected chi connectivity index (χ4v) is 3.69. The summed E-state index contributed by atoms with van der Waals surface area (Å²) in [6.45, 7) is 4.08. The standard InChI is InChI=1S/C24H20N2O3/c1-16-8-10-19(11-9-16)23-15-24(27)21-14-20(26(28)29)12-13-22(21)25(23)17(2)18-6-4-3-5-7-18/h3-15,17H,1-2H3/t17-/m1/s1. The Hall–Kier alpha value is -3.73. The summed E-state index contributed by atoms with van der Waals surface area (Å²) in [6.07, 6.45) is 0. The second-order valence-corrected chi connectivity index (χ2v) is 7.18. The van der Waals surface area contributed by atoms with Gasteiger partial charge in [0.2, 0.25) is 0 Å². The summed E-state index contributed by atoms with van der Waals surface area (Å²) in [5.41, 5.74) is 4.30. The van der Waals surface area contributed by atoms with Crippen molar-refractivity contribution < 1.29 is 4.92 Å². The molecule has 0 radical (unpaired) electrons. The van der Waals surface area contributed by atoms with E-state index in [0.29, 0.717) is 10.9 Å². The Morgan fingerprint density at radius 3 is 2.28 bits per heavy atom. The number of aromatic nitrogens is 1. The Bertz CT molecular complexity index is 1260. The van der Waals surface area contributed by atoms with Gasteiger partial charge in [0.05, 0.1) is 27.6 Å². The Morgan fingerprint density at radius 1 is 0.931 bits per heavy atom. The summed E-state index contributed by atoms with van der Waals surface area (Å²) in [5, 5.41) is 11.6. The normalized spacial score (nSPS) is 12.1. The van der Waals surface area contributed by atoms with Crippen molar-refractivity contribution in [2.75, 3.05) is 0 Å². The van der Waals surface area contributed by atoms with E-state index in [-0.39, 0.29) is 17.2 Å². The predicted octanol–water partition coefficient (Wildman–Crippen LogP) is 5.49. The lowest BCUT2D eigenvalue weighted by molar-refractivity contribution is -0.384. The van der Waals surface area contributed by atoms with Gasteiger partial charge in [-0.15, -0.1) is 0 Å². The molecule has 0 amide bonds. The molecule has 0 fully saturated rings. The van der Waals surface area contributed by atoms with Gasteiger partial charge in [-0.05, 0) is 31.0 Å². The monoisotopic (exact) mass is 384 g/mol. The van der Waals surface area contributed by atoms with Gasteiger partial charge in [0, 0.05) is 18.2 Å². The van der Waals surface area contributed by atoms with Crippen LogP contribution in [0.15, 0.2) is 83.7 Å². The highest BCUT2D eigenvalue weighted by atomic mass is 16.6. The van der Waals surface area contributed by atoms with Crippen LogP contribution in [0.1, 0.15) is 24.1 Å². The number of benzene rings is 3. The molecule has 144 valence electrons. The number of non-ortho nitro benzene ring substituents is 1. The van der Waals surface area contributed by atoms with Gasteiger partial charge in [-0.3, -0.25) is 14.9 Å². The number of aryl methyl sites for hydroxylation is 1. The van der Waals surface area contributed by atoms with E-state index in [1.807, 2.05) is 61.5 Å². The average molecular weight is 384 g/mol. The molecular formula is C24H20N2O3. The van der Waals surface area contributed by atoms with Gasteiger partial charge in [0.15, 0.2) is 5.43 Å². The van der Waals surface area contributed by atoms with E-state index < -0.39 is 4.92 Å². The number of nitrogens with zero attached hydrogens (tertiary/aromatic N) is 2. The van der Waals surface area contributed by atoms with Crippen molar-refractivity contribution in [3.63, 3.8) is 0 Å². The van der Waals surface area contributed by atoms with Crippen LogP contribution in [0, 0.1) is 17.0 Å². The van der Waals surface area contributed by atoms with E-state index >= 15 is 0 Å². The second-order valence-electron chi connectivity index (χ2n) is 7.18. The highest BCUT2D eigenvalue weighted by Crippen LogP contribution is 2.31. The Kier molecular flexibility index (Phi) is 4.72. The zero-order valence-electron chi connectivity index (χ0n) is 16.2. The minimum absolute atomic E-state index is 0.0722. The van der Waals surface area contributed by atoms with Crippen molar-refractivity contribution in [3.8, 4) is 11.3 Å². The number of nitro groups is 1. The van der Waals surface area contributed by atoms with E-state index in [9.17, 15) is 14.9 Å². The molecule has 3 aromatic carbocycles. The molecule has 0 saturated heterocycles. The number of pyridine rings is 1. The summed E-state index contributed by atoms with van der Waals surface area (Å²) in [5.74, 6) is 0.